The fraction of sp³-hybridized carbons (Fsp3) is 1.00. The minimum atomic E-state index is -0.397. The molecule has 1 spiro atoms. The lowest BCUT2D eigenvalue weighted by molar-refractivity contribution is -0.150. The van der Waals surface area contributed by atoms with Crippen LogP contribution in [-0.4, -0.2) is 34.4 Å². The van der Waals surface area contributed by atoms with E-state index in [2.05, 4.69) is 18.7 Å². The molecule has 3 heteroatoms. The second-order valence-electron chi connectivity index (χ2n) is 7.47. The van der Waals surface area contributed by atoms with E-state index in [0.29, 0.717) is 5.92 Å². The zero-order valence-corrected chi connectivity index (χ0v) is 13.7. The average molecular weight is 298 g/mol. The number of hydrogen-bond donors (Lipinski definition) is 1. The Morgan fingerprint density at radius 2 is 1.85 bits per heavy atom. The first-order valence-corrected chi connectivity index (χ1v) is 9.72. The van der Waals surface area contributed by atoms with Crippen LogP contribution in [-0.2, 0) is 4.74 Å². The van der Waals surface area contributed by atoms with E-state index in [-0.39, 0.29) is 5.60 Å². The Bertz CT molecular complexity index is 321. The van der Waals surface area contributed by atoms with Gasteiger partial charge in [-0.3, -0.25) is 0 Å². The van der Waals surface area contributed by atoms with Crippen molar-refractivity contribution in [2.45, 2.75) is 75.9 Å². The lowest BCUT2D eigenvalue weighted by atomic mass is 9.71. The highest BCUT2D eigenvalue weighted by molar-refractivity contribution is 7.99. The number of ether oxygens (including phenoxy) is 1. The summed E-state index contributed by atoms with van der Waals surface area (Å²) in [5.74, 6) is 3.75. The Hall–Kier alpha value is 0.270. The van der Waals surface area contributed by atoms with Crippen molar-refractivity contribution in [2.24, 2.45) is 11.8 Å². The van der Waals surface area contributed by atoms with Gasteiger partial charge in [-0.2, -0.15) is 11.8 Å². The second kappa shape index (κ2) is 6.18. The van der Waals surface area contributed by atoms with E-state index in [4.69, 9.17) is 4.74 Å². The summed E-state index contributed by atoms with van der Waals surface area (Å²) in [5, 5.41) is 11.2. The van der Waals surface area contributed by atoms with Crippen molar-refractivity contribution in [3.63, 3.8) is 0 Å². The summed E-state index contributed by atoms with van der Waals surface area (Å²) < 4.78 is 6.20. The van der Waals surface area contributed by atoms with Crippen molar-refractivity contribution in [1.82, 2.24) is 0 Å². The first-order chi connectivity index (χ1) is 9.62. The normalized spacial score (nSPS) is 42.3. The molecule has 0 aromatic carbocycles. The summed E-state index contributed by atoms with van der Waals surface area (Å²) in [5.41, 5.74) is -0.284. The average Bonchev–Trinajstić information content (AvgIpc) is 2.63. The van der Waals surface area contributed by atoms with E-state index in [0.717, 1.165) is 38.2 Å². The highest BCUT2D eigenvalue weighted by Crippen LogP contribution is 2.46. The minimum absolute atomic E-state index is 0.113. The molecular formula is C17H30O2S. The van der Waals surface area contributed by atoms with Crippen LogP contribution >= 0.6 is 11.8 Å². The molecule has 0 amide bonds. The van der Waals surface area contributed by atoms with Gasteiger partial charge in [0.2, 0.25) is 0 Å². The zero-order chi connectivity index (χ0) is 14.1. The molecule has 3 aliphatic rings. The molecule has 2 heterocycles. The third kappa shape index (κ3) is 3.20. The smallest absolute Gasteiger partial charge is 0.0702 e. The maximum absolute atomic E-state index is 11.2. The van der Waals surface area contributed by atoms with Crippen LogP contribution in [0.4, 0.5) is 0 Å². The zero-order valence-electron chi connectivity index (χ0n) is 12.9. The molecule has 1 aliphatic carbocycles. The lowest BCUT2D eigenvalue weighted by Gasteiger charge is -2.48. The SMILES string of the molecule is CC1CCCC(O)(C2CCOC3(CCSCC3)C2)CC1. The van der Waals surface area contributed by atoms with Gasteiger partial charge in [0.1, 0.15) is 0 Å². The van der Waals surface area contributed by atoms with E-state index in [1.54, 1.807) is 0 Å². The van der Waals surface area contributed by atoms with Gasteiger partial charge in [-0.15, -0.1) is 0 Å². The van der Waals surface area contributed by atoms with Gasteiger partial charge in [-0.25, -0.2) is 0 Å². The van der Waals surface area contributed by atoms with Crippen LogP contribution in [0.3, 0.4) is 0 Å². The lowest BCUT2D eigenvalue weighted by Crippen LogP contribution is -2.49. The molecule has 20 heavy (non-hydrogen) atoms. The Labute approximate surface area is 128 Å². The predicted molar refractivity (Wildman–Crippen MR) is 85.2 cm³/mol. The van der Waals surface area contributed by atoms with Crippen LogP contribution in [0.5, 0.6) is 0 Å². The molecule has 1 saturated carbocycles. The minimum Gasteiger partial charge on any atom is -0.390 e. The summed E-state index contributed by atoms with van der Waals surface area (Å²) in [6.07, 6.45) is 10.3. The van der Waals surface area contributed by atoms with E-state index in [9.17, 15) is 5.11 Å². The number of aliphatic hydroxyl groups is 1. The Morgan fingerprint density at radius 3 is 2.65 bits per heavy atom. The molecule has 3 rings (SSSR count). The van der Waals surface area contributed by atoms with Crippen LogP contribution in [0.15, 0.2) is 0 Å². The molecule has 1 N–H and O–H groups in total. The molecule has 0 aromatic rings. The maximum Gasteiger partial charge on any atom is 0.0702 e. The van der Waals surface area contributed by atoms with Crippen LogP contribution in [0.2, 0.25) is 0 Å². The fourth-order valence-electron chi connectivity index (χ4n) is 4.51. The first kappa shape index (κ1) is 15.2. The van der Waals surface area contributed by atoms with Crippen molar-refractivity contribution in [1.29, 1.82) is 0 Å². The first-order valence-electron chi connectivity index (χ1n) is 8.56. The Balaban J connectivity index is 1.69. The molecule has 116 valence electrons. The van der Waals surface area contributed by atoms with E-state index < -0.39 is 5.60 Å². The quantitative estimate of drug-likeness (QED) is 0.742. The van der Waals surface area contributed by atoms with E-state index >= 15 is 0 Å². The van der Waals surface area contributed by atoms with Crippen molar-refractivity contribution in [2.75, 3.05) is 18.1 Å². The van der Waals surface area contributed by atoms with E-state index in [1.807, 2.05) is 0 Å². The molecule has 2 saturated heterocycles. The summed E-state index contributed by atoms with van der Waals surface area (Å²) in [6, 6.07) is 0. The van der Waals surface area contributed by atoms with Gasteiger partial charge in [0.25, 0.3) is 0 Å². The molecule has 0 bridgehead atoms. The summed E-state index contributed by atoms with van der Waals surface area (Å²) in [6.45, 7) is 3.21. The summed E-state index contributed by atoms with van der Waals surface area (Å²) in [4.78, 5) is 0. The van der Waals surface area contributed by atoms with Crippen molar-refractivity contribution in [3.8, 4) is 0 Å². The largest absolute Gasteiger partial charge is 0.390 e. The number of rotatable bonds is 1. The second-order valence-corrected chi connectivity index (χ2v) is 8.70. The molecule has 3 fully saturated rings. The molecule has 0 aromatic heterocycles. The summed E-state index contributed by atoms with van der Waals surface area (Å²) in [7, 11) is 0. The topological polar surface area (TPSA) is 29.5 Å². The summed E-state index contributed by atoms with van der Waals surface area (Å²) >= 11 is 2.06. The van der Waals surface area contributed by atoms with Gasteiger partial charge >= 0.3 is 0 Å². The van der Waals surface area contributed by atoms with Gasteiger partial charge in [-0.1, -0.05) is 19.8 Å². The standard InChI is InChI=1S/C17H30O2S/c1-14-3-2-6-17(18,7-4-14)15-5-10-19-16(13-15)8-11-20-12-9-16/h14-15,18H,2-13H2,1H3. The predicted octanol–water partition coefficient (Wildman–Crippen LogP) is 4.01. The molecule has 2 nitrogen and oxygen atoms in total. The molecule has 0 radical (unpaired) electrons. The van der Waals surface area contributed by atoms with Crippen LogP contribution in [0, 0.1) is 11.8 Å². The molecule has 2 aliphatic heterocycles. The number of thioether (sulfide) groups is 1. The van der Waals surface area contributed by atoms with E-state index in [1.165, 1.54) is 43.6 Å². The molecule has 3 unspecified atom stereocenters. The monoisotopic (exact) mass is 298 g/mol. The van der Waals surface area contributed by atoms with Crippen LogP contribution < -0.4 is 0 Å². The maximum atomic E-state index is 11.2. The van der Waals surface area contributed by atoms with Crippen molar-refractivity contribution >= 4 is 11.8 Å². The Kier molecular flexibility index (Phi) is 4.69. The third-order valence-electron chi connectivity index (χ3n) is 6.03. The van der Waals surface area contributed by atoms with Crippen molar-refractivity contribution < 1.29 is 9.84 Å². The fourth-order valence-corrected chi connectivity index (χ4v) is 5.75. The van der Waals surface area contributed by atoms with Gasteiger partial charge < -0.3 is 9.84 Å². The highest BCUT2D eigenvalue weighted by atomic mass is 32.2. The van der Waals surface area contributed by atoms with Crippen LogP contribution in [0.25, 0.3) is 0 Å². The highest BCUT2D eigenvalue weighted by Gasteiger charge is 2.46. The van der Waals surface area contributed by atoms with Gasteiger partial charge in [0.15, 0.2) is 0 Å². The van der Waals surface area contributed by atoms with Gasteiger partial charge in [0.05, 0.1) is 11.2 Å². The molecule has 3 atom stereocenters. The van der Waals surface area contributed by atoms with Gasteiger partial charge in [-0.05, 0) is 68.3 Å². The van der Waals surface area contributed by atoms with Gasteiger partial charge in [0, 0.05) is 6.61 Å². The van der Waals surface area contributed by atoms with Crippen LogP contribution in [0.1, 0.15) is 64.7 Å². The Morgan fingerprint density at radius 1 is 1.05 bits per heavy atom. The molecular weight excluding hydrogens is 268 g/mol. The van der Waals surface area contributed by atoms with Crippen molar-refractivity contribution in [3.05, 3.63) is 0 Å². The third-order valence-corrected chi connectivity index (χ3v) is 7.02. The number of hydrogen-bond acceptors (Lipinski definition) is 3.